The average molecular weight is 342 g/mol. The number of rotatable bonds is 6. The highest BCUT2D eigenvalue weighted by Crippen LogP contribution is 2.21. The molecule has 2 aromatic carbocycles. The van der Waals surface area contributed by atoms with E-state index in [-0.39, 0.29) is 5.91 Å². The Morgan fingerprint density at radius 1 is 1.17 bits per heavy atom. The molecule has 0 aliphatic carbocycles. The third-order valence-electron chi connectivity index (χ3n) is 3.94. The lowest BCUT2D eigenvalue weighted by Gasteiger charge is -2.11. The van der Waals surface area contributed by atoms with Gasteiger partial charge in [0.05, 0.1) is 24.1 Å². The predicted molar refractivity (Wildman–Crippen MR) is 97.0 cm³/mol. The summed E-state index contributed by atoms with van der Waals surface area (Å²) < 4.78 is 2.11. The van der Waals surface area contributed by atoms with Gasteiger partial charge in [0.25, 0.3) is 0 Å². The largest absolute Gasteiger partial charge is 0.349 e. The van der Waals surface area contributed by atoms with Crippen LogP contribution in [0.15, 0.2) is 48.5 Å². The second-order valence-electron chi connectivity index (χ2n) is 5.72. The zero-order valence-corrected chi connectivity index (χ0v) is 14.4. The molecule has 1 amide bonds. The first-order valence-electron chi connectivity index (χ1n) is 8.13. The maximum Gasteiger partial charge on any atom is 0.220 e. The van der Waals surface area contributed by atoms with Crippen molar-refractivity contribution >= 4 is 28.5 Å². The van der Waals surface area contributed by atoms with Gasteiger partial charge in [-0.15, -0.1) is 0 Å². The Balaban J connectivity index is 1.93. The summed E-state index contributed by atoms with van der Waals surface area (Å²) in [7, 11) is 0. The second kappa shape index (κ2) is 7.49. The SMILES string of the molecule is CCCC(=O)NCc1nc2ccccc2n1Cc1ccccc1Cl. The van der Waals surface area contributed by atoms with Crippen LogP contribution in [0, 0.1) is 0 Å². The van der Waals surface area contributed by atoms with Gasteiger partial charge in [0.2, 0.25) is 5.91 Å². The van der Waals surface area contributed by atoms with Crippen molar-refractivity contribution in [2.24, 2.45) is 0 Å². The number of nitrogens with one attached hydrogen (secondary N) is 1. The van der Waals surface area contributed by atoms with Crippen LogP contribution in [0.4, 0.5) is 0 Å². The molecule has 0 atom stereocenters. The number of hydrogen-bond acceptors (Lipinski definition) is 2. The Hall–Kier alpha value is -2.33. The molecule has 1 N–H and O–H groups in total. The van der Waals surface area contributed by atoms with Gasteiger partial charge in [-0.3, -0.25) is 4.79 Å². The van der Waals surface area contributed by atoms with E-state index in [9.17, 15) is 4.79 Å². The zero-order chi connectivity index (χ0) is 16.9. The molecule has 124 valence electrons. The molecule has 24 heavy (non-hydrogen) atoms. The number of halogens is 1. The van der Waals surface area contributed by atoms with Gasteiger partial charge >= 0.3 is 0 Å². The fourth-order valence-corrected chi connectivity index (χ4v) is 2.92. The Morgan fingerprint density at radius 3 is 2.71 bits per heavy atom. The third-order valence-corrected chi connectivity index (χ3v) is 4.31. The third kappa shape index (κ3) is 3.60. The van der Waals surface area contributed by atoms with Crippen LogP contribution in [0.2, 0.25) is 5.02 Å². The molecule has 1 heterocycles. The minimum absolute atomic E-state index is 0.0499. The summed E-state index contributed by atoms with van der Waals surface area (Å²) in [5.74, 6) is 0.884. The zero-order valence-electron chi connectivity index (χ0n) is 13.6. The van der Waals surface area contributed by atoms with Crippen LogP contribution in [-0.4, -0.2) is 15.5 Å². The molecule has 0 aliphatic rings. The van der Waals surface area contributed by atoms with Gasteiger partial charge in [0, 0.05) is 11.4 Å². The molecule has 0 fully saturated rings. The molecule has 0 aliphatic heterocycles. The van der Waals surface area contributed by atoms with E-state index in [1.165, 1.54) is 0 Å². The van der Waals surface area contributed by atoms with Gasteiger partial charge in [0.1, 0.15) is 5.82 Å². The van der Waals surface area contributed by atoms with Crippen LogP contribution in [0.3, 0.4) is 0 Å². The summed E-state index contributed by atoms with van der Waals surface area (Å²) in [4.78, 5) is 16.5. The van der Waals surface area contributed by atoms with Crippen molar-refractivity contribution in [3.8, 4) is 0 Å². The Labute approximate surface area is 146 Å². The van der Waals surface area contributed by atoms with E-state index in [2.05, 4.69) is 14.9 Å². The summed E-state index contributed by atoms with van der Waals surface area (Å²) in [5, 5.41) is 3.68. The average Bonchev–Trinajstić information content (AvgIpc) is 2.93. The molecule has 0 spiro atoms. The first-order chi connectivity index (χ1) is 11.7. The molecular weight excluding hydrogens is 322 g/mol. The van der Waals surface area contributed by atoms with E-state index in [4.69, 9.17) is 11.6 Å². The smallest absolute Gasteiger partial charge is 0.220 e. The number of carbonyl (C=O) groups is 1. The summed E-state index contributed by atoms with van der Waals surface area (Å²) in [6.45, 7) is 3.03. The molecule has 0 bridgehead atoms. The van der Waals surface area contributed by atoms with Gasteiger partial charge in [-0.05, 0) is 30.2 Å². The monoisotopic (exact) mass is 341 g/mol. The second-order valence-corrected chi connectivity index (χ2v) is 6.13. The van der Waals surface area contributed by atoms with E-state index in [0.29, 0.717) is 19.5 Å². The van der Waals surface area contributed by atoms with Gasteiger partial charge in [-0.1, -0.05) is 48.9 Å². The van der Waals surface area contributed by atoms with Crippen molar-refractivity contribution in [2.45, 2.75) is 32.9 Å². The molecule has 1 aromatic heterocycles. The summed E-state index contributed by atoms with van der Waals surface area (Å²) in [6.07, 6.45) is 1.37. The van der Waals surface area contributed by atoms with Crippen molar-refractivity contribution in [2.75, 3.05) is 0 Å². The van der Waals surface area contributed by atoms with Crippen LogP contribution in [-0.2, 0) is 17.9 Å². The van der Waals surface area contributed by atoms with Crippen LogP contribution in [0.25, 0.3) is 11.0 Å². The molecule has 0 radical (unpaired) electrons. The van der Waals surface area contributed by atoms with Crippen molar-refractivity contribution in [1.82, 2.24) is 14.9 Å². The summed E-state index contributed by atoms with van der Waals surface area (Å²) in [6, 6.07) is 15.8. The van der Waals surface area contributed by atoms with Gasteiger partial charge < -0.3 is 9.88 Å². The number of aromatic nitrogens is 2. The fraction of sp³-hybridized carbons (Fsp3) is 0.263. The molecule has 5 heteroatoms. The van der Waals surface area contributed by atoms with Gasteiger partial charge in [0.15, 0.2) is 0 Å². The number of nitrogens with zero attached hydrogens (tertiary/aromatic N) is 2. The van der Waals surface area contributed by atoms with E-state index in [1.807, 2.05) is 55.5 Å². The lowest BCUT2D eigenvalue weighted by atomic mass is 10.2. The lowest BCUT2D eigenvalue weighted by molar-refractivity contribution is -0.121. The fourth-order valence-electron chi connectivity index (χ4n) is 2.73. The topological polar surface area (TPSA) is 46.9 Å². The molecule has 4 nitrogen and oxygen atoms in total. The maximum atomic E-state index is 11.8. The number of fused-ring (bicyclic) bond motifs is 1. The minimum atomic E-state index is 0.0499. The van der Waals surface area contributed by atoms with E-state index in [0.717, 1.165) is 33.9 Å². The molecule has 0 unspecified atom stereocenters. The first kappa shape index (κ1) is 16.5. The molecule has 0 saturated carbocycles. The molecule has 0 saturated heterocycles. The quantitative estimate of drug-likeness (QED) is 0.732. The number of hydrogen-bond donors (Lipinski definition) is 1. The van der Waals surface area contributed by atoms with Gasteiger partial charge in [-0.2, -0.15) is 0 Å². The molecule has 3 rings (SSSR count). The number of carbonyl (C=O) groups excluding carboxylic acids is 1. The van der Waals surface area contributed by atoms with Crippen LogP contribution in [0.5, 0.6) is 0 Å². The van der Waals surface area contributed by atoms with Crippen LogP contribution < -0.4 is 5.32 Å². The highest BCUT2D eigenvalue weighted by molar-refractivity contribution is 6.31. The van der Waals surface area contributed by atoms with Crippen LogP contribution >= 0.6 is 11.6 Å². The van der Waals surface area contributed by atoms with E-state index >= 15 is 0 Å². The summed E-state index contributed by atoms with van der Waals surface area (Å²) in [5.41, 5.74) is 2.99. The highest BCUT2D eigenvalue weighted by Gasteiger charge is 2.12. The van der Waals surface area contributed by atoms with E-state index in [1.54, 1.807) is 0 Å². The predicted octanol–water partition coefficient (Wildman–Crippen LogP) is 4.15. The number of para-hydroxylation sites is 2. The Kier molecular flexibility index (Phi) is 5.16. The van der Waals surface area contributed by atoms with E-state index < -0.39 is 0 Å². The van der Waals surface area contributed by atoms with Crippen molar-refractivity contribution < 1.29 is 4.79 Å². The number of benzene rings is 2. The number of imidazole rings is 1. The summed E-state index contributed by atoms with van der Waals surface area (Å²) >= 11 is 6.31. The van der Waals surface area contributed by atoms with Crippen LogP contribution in [0.1, 0.15) is 31.2 Å². The van der Waals surface area contributed by atoms with Crippen molar-refractivity contribution in [1.29, 1.82) is 0 Å². The minimum Gasteiger partial charge on any atom is -0.349 e. The maximum absolute atomic E-state index is 11.8. The van der Waals surface area contributed by atoms with Crippen molar-refractivity contribution in [3.63, 3.8) is 0 Å². The van der Waals surface area contributed by atoms with Crippen molar-refractivity contribution in [3.05, 3.63) is 64.9 Å². The first-order valence-corrected chi connectivity index (χ1v) is 8.51. The standard InChI is InChI=1S/C19H20ClN3O/c1-2-7-19(24)21-12-18-22-16-10-5-6-11-17(16)23(18)13-14-8-3-4-9-15(14)20/h3-6,8-11H,2,7,12-13H2,1H3,(H,21,24). The Morgan fingerprint density at radius 2 is 1.92 bits per heavy atom. The molecular formula is C19H20ClN3O. The normalized spacial score (nSPS) is 10.9. The Bertz CT molecular complexity index is 857. The molecule has 3 aromatic rings. The van der Waals surface area contributed by atoms with Gasteiger partial charge in [-0.25, -0.2) is 4.98 Å². The lowest BCUT2D eigenvalue weighted by Crippen LogP contribution is -2.24. The number of amides is 1. The highest BCUT2D eigenvalue weighted by atomic mass is 35.5.